The van der Waals surface area contributed by atoms with Crippen molar-refractivity contribution in [3.63, 3.8) is 0 Å². The number of hydrogen-bond donors (Lipinski definition) is 2. The molecule has 1 fully saturated rings. The standard InChI is InChI=1S/C13H15BrClFN2O/c14-9-6-8(16)7-10(15)12(9)18-13(19)11-4-2-1-3-5-17-11/h6-7,11,17H,1-5H2,(H,18,19). The lowest BCUT2D eigenvalue weighted by Crippen LogP contribution is -2.40. The Kier molecular flexibility index (Phi) is 5.19. The predicted octanol–water partition coefficient (Wildman–Crippen LogP) is 3.71. The molecular formula is C13H15BrClFN2O. The van der Waals surface area contributed by atoms with Crippen molar-refractivity contribution in [3.8, 4) is 0 Å². The normalized spacial score (nSPS) is 19.8. The number of carbonyl (C=O) groups is 1. The molecule has 0 saturated carbocycles. The number of amides is 1. The molecule has 1 aromatic rings. The van der Waals surface area contributed by atoms with Crippen LogP contribution in [0.2, 0.25) is 5.02 Å². The van der Waals surface area contributed by atoms with Gasteiger partial charge in [0.1, 0.15) is 5.82 Å². The van der Waals surface area contributed by atoms with Crippen LogP contribution in [0, 0.1) is 5.82 Å². The molecular weight excluding hydrogens is 335 g/mol. The molecule has 2 N–H and O–H groups in total. The molecule has 1 atom stereocenters. The van der Waals surface area contributed by atoms with Crippen LogP contribution < -0.4 is 10.6 Å². The predicted molar refractivity (Wildman–Crippen MR) is 78.0 cm³/mol. The molecule has 1 saturated heterocycles. The Balaban J connectivity index is 2.10. The fourth-order valence-corrected chi connectivity index (χ4v) is 3.02. The summed E-state index contributed by atoms with van der Waals surface area (Å²) < 4.78 is 13.6. The van der Waals surface area contributed by atoms with E-state index in [0.717, 1.165) is 32.2 Å². The van der Waals surface area contributed by atoms with Gasteiger partial charge in [0.05, 0.1) is 16.8 Å². The summed E-state index contributed by atoms with van der Waals surface area (Å²) in [5, 5.41) is 6.15. The molecule has 3 nitrogen and oxygen atoms in total. The average Bonchev–Trinajstić information content (AvgIpc) is 2.62. The first kappa shape index (κ1) is 14.8. The smallest absolute Gasteiger partial charge is 0.241 e. The molecule has 0 spiro atoms. The topological polar surface area (TPSA) is 41.1 Å². The highest BCUT2D eigenvalue weighted by Gasteiger charge is 2.21. The van der Waals surface area contributed by atoms with Gasteiger partial charge in [0.15, 0.2) is 0 Å². The van der Waals surface area contributed by atoms with Gasteiger partial charge in [-0.3, -0.25) is 4.79 Å². The Labute approximate surface area is 125 Å². The van der Waals surface area contributed by atoms with Gasteiger partial charge in [-0.2, -0.15) is 0 Å². The van der Waals surface area contributed by atoms with Crippen LogP contribution in [0.4, 0.5) is 10.1 Å². The SMILES string of the molecule is O=C(Nc1c(Cl)cc(F)cc1Br)C1CCCCCN1. The second kappa shape index (κ2) is 6.68. The molecule has 104 valence electrons. The fourth-order valence-electron chi connectivity index (χ4n) is 2.12. The summed E-state index contributed by atoms with van der Waals surface area (Å²) in [5.41, 5.74) is 0.416. The minimum Gasteiger partial charge on any atom is -0.322 e. The van der Waals surface area contributed by atoms with E-state index in [1.807, 2.05) is 0 Å². The van der Waals surface area contributed by atoms with Crippen LogP contribution in [-0.4, -0.2) is 18.5 Å². The molecule has 1 unspecified atom stereocenters. The molecule has 19 heavy (non-hydrogen) atoms. The highest BCUT2D eigenvalue weighted by atomic mass is 79.9. The lowest BCUT2D eigenvalue weighted by molar-refractivity contribution is -0.118. The maximum absolute atomic E-state index is 13.1. The number of nitrogens with one attached hydrogen (secondary N) is 2. The van der Waals surface area contributed by atoms with Crippen molar-refractivity contribution in [2.24, 2.45) is 0 Å². The number of carbonyl (C=O) groups excluding carboxylic acids is 1. The van der Waals surface area contributed by atoms with Gasteiger partial charge in [-0.15, -0.1) is 0 Å². The van der Waals surface area contributed by atoms with E-state index in [2.05, 4.69) is 26.6 Å². The number of anilines is 1. The van der Waals surface area contributed by atoms with Crippen LogP contribution in [0.1, 0.15) is 25.7 Å². The molecule has 0 aromatic heterocycles. The average molecular weight is 350 g/mol. The van der Waals surface area contributed by atoms with E-state index < -0.39 is 5.82 Å². The first-order valence-electron chi connectivity index (χ1n) is 6.26. The van der Waals surface area contributed by atoms with E-state index in [1.165, 1.54) is 12.1 Å². The monoisotopic (exact) mass is 348 g/mol. The van der Waals surface area contributed by atoms with Gasteiger partial charge in [0, 0.05) is 4.47 Å². The Morgan fingerprint density at radius 2 is 2.21 bits per heavy atom. The van der Waals surface area contributed by atoms with Gasteiger partial charge in [-0.1, -0.05) is 24.4 Å². The van der Waals surface area contributed by atoms with Gasteiger partial charge in [0.25, 0.3) is 0 Å². The minimum absolute atomic E-state index is 0.129. The summed E-state index contributed by atoms with van der Waals surface area (Å²) in [5.74, 6) is -0.571. The van der Waals surface area contributed by atoms with Crippen molar-refractivity contribution in [3.05, 3.63) is 27.4 Å². The summed E-state index contributed by atoms with van der Waals surface area (Å²) in [6, 6.07) is 2.25. The zero-order chi connectivity index (χ0) is 13.8. The molecule has 1 aliphatic heterocycles. The lowest BCUT2D eigenvalue weighted by Gasteiger charge is -2.17. The van der Waals surface area contributed by atoms with Crippen molar-refractivity contribution >= 4 is 39.1 Å². The lowest BCUT2D eigenvalue weighted by atomic mass is 10.1. The van der Waals surface area contributed by atoms with Gasteiger partial charge in [0.2, 0.25) is 5.91 Å². The van der Waals surface area contributed by atoms with Gasteiger partial charge in [-0.05, 0) is 47.4 Å². The maximum Gasteiger partial charge on any atom is 0.241 e. The molecule has 1 aliphatic rings. The van der Waals surface area contributed by atoms with Crippen molar-refractivity contribution in [1.29, 1.82) is 0 Å². The van der Waals surface area contributed by atoms with E-state index in [4.69, 9.17) is 11.6 Å². The first-order chi connectivity index (χ1) is 9.08. The van der Waals surface area contributed by atoms with E-state index >= 15 is 0 Å². The summed E-state index contributed by atoms with van der Waals surface area (Å²) >= 11 is 9.15. The van der Waals surface area contributed by atoms with E-state index in [1.54, 1.807) is 0 Å². The molecule has 0 aliphatic carbocycles. The van der Waals surface area contributed by atoms with Crippen LogP contribution in [0.5, 0.6) is 0 Å². The fraction of sp³-hybridized carbons (Fsp3) is 0.462. The minimum atomic E-state index is -0.442. The maximum atomic E-state index is 13.1. The number of halogens is 3. The van der Waals surface area contributed by atoms with Crippen LogP contribution in [-0.2, 0) is 4.79 Å². The Morgan fingerprint density at radius 1 is 1.42 bits per heavy atom. The second-order valence-electron chi connectivity index (χ2n) is 4.59. The quantitative estimate of drug-likeness (QED) is 0.854. The third-order valence-corrected chi connectivity index (χ3v) is 4.06. The highest BCUT2D eigenvalue weighted by molar-refractivity contribution is 9.10. The summed E-state index contributed by atoms with van der Waals surface area (Å²) in [6.07, 6.45) is 4.06. The highest BCUT2D eigenvalue weighted by Crippen LogP contribution is 2.31. The molecule has 1 amide bonds. The molecule has 0 bridgehead atoms. The number of rotatable bonds is 2. The first-order valence-corrected chi connectivity index (χ1v) is 7.44. The van der Waals surface area contributed by atoms with Crippen LogP contribution >= 0.6 is 27.5 Å². The van der Waals surface area contributed by atoms with Gasteiger partial charge < -0.3 is 10.6 Å². The molecule has 2 rings (SSSR count). The van der Waals surface area contributed by atoms with Crippen LogP contribution in [0.25, 0.3) is 0 Å². The van der Waals surface area contributed by atoms with E-state index in [-0.39, 0.29) is 17.0 Å². The van der Waals surface area contributed by atoms with Crippen LogP contribution in [0.3, 0.4) is 0 Å². The Morgan fingerprint density at radius 3 is 2.95 bits per heavy atom. The van der Waals surface area contributed by atoms with Gasteiger partial charge >= 0.3 is 0 Å². The number of benzene rings is 1. The molecule has 0 radical (unpaired) electrons. The molecule has 6 heteroatoms. The second-order valence-corrected chi connectivity index (χ2v) is 5.85. The largest absolute Gasteiger partial charge is 0.322 e. The molecule has 1 aromatic carbocycles. The Hall–Kier alpha value is -0.650. The summed E-state index contributed by atoms with van der Waals surface area (Å²) in [4.78, 5) is 12.2. The zero-order valence-corrected chi connectivity index (χ0v) is 12.7. The Bertz CT molecular complexity index is 453. The van der Waals surface area contributed by atoms with Crippen molar-refractivity contribution in [2.45, 2.75) is 31.7 Å². The molecule has 1 heterocycles. The van der Waals surface area contributed by atoms with Gasteiger partial charge in [-0.25, -0.2) is 4.39 Å². The van der Waals surface area contributed by atoms with Crippen molar-refractivity contribution in [2.75, 3.05) is 11.9 Å². The van der Waals surface area contributed by atoms with E-state index in [0.29, 0.717) is 10.2 Å². The summed E-state index contributed by atoms with van der Waals surface area (Å²) in [7, 11) is 0. The summed E-state index contributed by atoms with van der Waals surface area (Å²) in [6.45, 7) is 0.844. The third-order valence-electron chi connectivity index (χ3n) is 3.13. The zero-order valence-electron chi connectivity index (χ0n) is 10.3. The van der Waals surface area contributed by atoms with Crippen molar-refractivity contribution < 1.29 is 9.18 Å². The van der Waals surface area contributed by atoms with Crippen LogP contribution in [0.15, 0.2) is 16.6 Å². The van der Waals surface area contributed by atoms with E-state index in [9.17, 15) is 9.18 Å². The van der Waals surface area contributed by atoms with Crippen molar-refractivity contribution in [1.82, 2.24) is 5.32 Å². The number of hydrogen-bond acceptors (Lipinski definition) is 2. The third kappa shape index (κ3) is 3.91.